The molecule has 0 bridgehead atoms. The van der Waals surface area contributed by atoms with Crippen molar-refractivity contribution in [3.05, 3.63) is 28.5 Å². The van der Waals surface area contributed by atoms with Gasteiger partial charge in [-0.2, -0.15) is 5.10 Å². The first-order valence-corrected chi connectivity index (χ1v) is 7.46. The molecule has 1 unspecified atom stereocenters. The van der Waals surface area contributed by atoms with Crippen molar-refractivity contribution in [2.45, 2.75) is 17.9 Å². The van der Waals surface area contributed by atoms with Crippen LogP contribution >= 0.6 is 11.3 Å². The van der Waals surface area contributed by atoms with Crippen LogP contribution < -0.4 is 4.72 Å². The van der Waals surface area contributed by atoms with Gasteiger partial charge >= 0.3 is 5.97 Å². The molecule has 2 heterocycles. The smallest absolute Gasteiger partial charge is 0.347 e. The van der Waals surface area contributed by atoms with Gasteiger partial charge in [-0.1, -0.05) is 0 Å². The Morgan fingerprint density at radius 1 is 1.58 bits per heavy atom. The fourth-order valence-corrected chi connectivity index (χ4v) is 3.91. The van der Waals surface area contributed by atoms with Gasteiger partial charge in [0.15, 0.2) is 0 Å². The number of hydrogen-bond donors (Lipinski definition) is 3. The minimum absolute atomic E-state index is 0.225. The molecule has 2 rings (SSSR count). The maximum absolute atomic E-state index is 12.1. The van der Waals surface area contributed by atoms with E-state index in [-0.39, 0.29) is 9.77 Å². The molecule has 0 saturated heterocycles. The second-order valence-electron chi connectivity index (χ2n) is 3.63. The molecule has 0 aliphatic rings. The van der Waals surface area contributed by atoms with Gasteiger partial charge in [0.1, 0.15) is 21.9 Å². The molecule has 0 spiro atoms. The maximum atomic E-state index is 12.1. The van der Waals surface area contributed by atoms with Crippen molar-refractivity contribution < 1.29 is 18.3 Å². The number of carboxylic acid groups (broad SMARTS) is 1. The summed E-state index contributed by atoms with van der Waals surface area (Å²) in [4.78, 5) is 14.3. The molecule has 2 aromatic rings. The lowest BCUT2D eigenvalue weighted by atomic mass is 10.3. The highest BCUT2D eigenvalue weighted by Crippen LogP contribution is 2.23. The summed E-state index contributed by atoms with van der Waals surface area (Å²) < 4.78 is 26.5. The minimum Gasteiger partial charge on any atom is -0.477 e. The van der Waals surface area contributed by atoms with Crippen LogP contribution in [0.1, 0.15) is 28.5 Å². The van der Waals surface area contributed by atoms with E-state index in [9.17, 15) is 13.2 Å². The van der Waals surface area contributed by atoms with Crippen molar-refractivity contribution in [3.63, 3.8) is 0 Å². The zero-order chi connectivity index (χ0) is 14.0. The first-order chi connectivity index (χ1) is 8.92. The molecule has 0 aliphatic heterocycles. The lowest BCUT2D eigenvalue weighted by Gasteiger charge is -2.11. The number of nitrogens with one attached hydrogen (secondary N) is 2. The number of aromatic amines is 1. The lowest BCUT2D eigenvalue weighted by Crippen LogP contribution is -2.28. The number of thiophene rings is 1. The van der Waals surface area contributed by atoms with E-state index in [4.69, 9.17) is 5.11 Å². The summed E-state index contributed by atoms with van der Waals surface area (Å²) in [6, 6.07) is 0.609. The molecule has 8 nitrogen and oxygen atoms in total. The number of carbonyl (C=O) groups is 1. The van der Waals surface area contributed by atoms with Crippen LogP contribution in [0.3, 0.4) is 0 Å². The SMILES string of the molecule is CC(NS(=O)(=O)c1ccsc1C(=O)O)c1ncn[nH]1. The summed E-state index contributed by atoms with van der Waals surface area (Å²) >= 11 is 0.855. The highest BCUT2D eigenvalue weighted by molar-refractivity contribution is 7.89. The molecule has 2 aromatic heterocycles. The molecule has 0 saturated carbocycles. The fraction of sp³-hybridized carbons (Fsp3) is 0.222. The van der Waals surface area contributed by atoms with E-state index in [1.54, 1.807) is 6.92 Å². The molecule has 102 valence electrons. The van der Waals surface area contributed by atoms with Gasteiger partial charge < -0.3 is 5.11 Å². The Balaban J connectivity index is 2.28. The van der Waals surface area contributed by atoms with Gasteiger partial charge in [-0.3, -0.25) is 5.10 Å². The number of carboxylic acids is 1. The summed E-state index contributed by atoms with van der Waals surface area (Å²) in [7, 11) is -3.93. The predicted octanol–water partition coefficient (Wildman–Crippen LogP) is 0.604. The number of hydrogen-bond acceptors (Lipinski definition) is 6. The molecule has 1 atom stereocenters. The second-order valence-corrected chi connectivity index (χ2v) is 6.23. The van der Waals surface area contributed by atoms with Gasteiger partial charge in [-0.25, -0.2) is 22.9 Å². The quantitative estimate of drug-likeness (QED) is 0.743. The van der Waals surface area contributed by atoms with E-state index >= 15 is 0 Å². The Kier molecular flexibility index (Phi) is 3.64. The van der Waals surface area contributed by atoms with Crippen LogP contribution in [0, 0.1) is 0 Å². The molecular formula is C9H10N4O4S2. The number of H-pyrrole nitrogens is 1. The number of sulfonamides is 1. The molecule has 19 heavy (non-hydrogen) atoms. The predicted molar refractivity (Wildman–Crippen MR) is 66.4 cm³/mol. The van der Waals surface area contributed by atoms with E-state index in [0.717, 1.165) is 11.3 Å². The van der Waals surface area contributed by atoms with Crippen molar-refractivity contribution in [1.29, 1.82) is 0 Å². The topological polar surface area (TPSA) is 125 Å². The average molecular weight is 302 g/mol. The molecule has 0 amide bonds. The van der Waals surface area contributed by atoms with Gasteiger partial charge in [0.05, 0.1) is 6.04 Å². The summed E-state index contributed by atoms with van der Waals surface area (Å²) in [6.45, 7) is 1.57. The summed E-state index contributed by atoms with van der Waals surface area (Å²) in [5.74, 6) is -0.932. The summed E-state index contributed by atoms with van der Waals surface area (Å²) in [6.07, 6.45) is 1.26. The van der Waals surface area contributed by atoms with E-state index in [1.165, 1.54) is 17.8 Å². The Bertz CT molecular complexity index is 677. The lowest BCUT2D eigenvalue weighted by molar-refractivity contribution is 0.0698. The number of nitrogens with zero attached hydrogens (tertiary/aromatic N) is 2. The number of rotatable bonds is 5. The molecule has 0 aromatic carbocycles. The van der Waals surface area contributed by atoms with E-state index in [2.05, 4.69) is 19.9 Å². The van der Waals surface area contributed by atoms with Crippen molar-refractivity contribution in [3.8, 4) is 0 Å². The zero-order valence-corrected chi connectivity index (χ0v) is 11.3. The third kappa shape index (κ3) is 2.80. The normalized spacial score (nSPS) is 13.3. The monoisotopic (exact) mass is 302 g/mol. The van der Waals surface area contributed by atoms with Crippen molar-refractivity contribution in [2.24, 2.45) is 0 Å². The number of aromatic carboxylic acids is 1. The average Bonchev–Trinajstić information content (AvgIpc) is 3.00. The van der Waals surface area contributed by atoms with E-state index < -0.39 is 22.0 Å². The van der Waals surface area contributed by atoms with Gasteiger partial charge in [0, 0.05) is 0 Å². The first kappa shape index (κ1) is 13.6. The van der Waals surface area contributed by atoms with Gasteiger partial charge in [-0.15, -0.1) is 11.3 Å². The van der Waals surface area contributed by atoms with Gasteiger partial charge in [0.2, 0.25) is 10.0 Å². The van der Waals surface area contributed by atoms with Crippen LogP contribution in [0.2, 0.25) is 0 Å². The van der Waals surface area contributed by atoms with Crippen LogP contribution in [0.15, 0.2) is 22.7 Å². The standard InChI is InChI=1S/C9H10N4O4S2/c1-5(8-10-4-11-12-8)13-19(16,17)6-2-3-18-7(6)9(14)15/h2-5,13H,1H3,(H,14,15)(H,10,11,12). The third-order valence-corrected chi connectivity index (χ3v) is 4.90. The second kappa shape index (κ2) is 5.07. The third-order valence-electron chi connectivity index (χ3n) is 2.29. The maximum Gasteiger partial charge on any atom is 0.347 e. The Morgan fingerprint density at radius 2 is 2.32 bits per heavy atom. The molecule has 0 radical (unpaired) electrons. The van der Waals surface area contributed by atoms with Crippen LogP contribution in [0.4, 0.5) is 0 Å². The first-order valence-electron chi connectivity index (χ1n) is 5.10. The van der Waals surface area contributed by atoms with Crippen molar-refractivity contribution in [2.75, 3.05) is 0 Å². The molecular weight excluding hydrogens is 292 g/mol. The summed E-state index contributed by atoms with van der Waals surface area (Å²) in [5, 5.41) is 16.5. The van der Waals surface area contributed by atoms with E-state index in [0.29, 0.717) is 5.82 Å². The minimum atomic E-state index is -3.93. The van der Waals surface area contributed by atoms with Gasteiger partial charge in [0.25, 0.3) is 0 Å². The van der Waals surface area contributed by atoms with Crippen LogP contribution in [-0.4, -0.2) is 34.7 Å². The van der Waals surface area contributed by atoms with Crippen LogP contribution in [-0.2, 0) is 10.0 Å². The molecule has 0 fully saturated rings. The molecule has 3 N–H and O–H groups in total. The fourth-order valence-electron chi connectivity index (χ4n) is 1.44. The highest BCUT2D eigenvalue weighted by atomic mass is 32.2. The van der Waals surface area contributed by atoms with Crippen molar-refractivity contribution in [1.82, 2.24) is 19.9 Å². The summed E-state index contributed by atoms with van der Waals surface area (Å²) in [5.41, 5.74) is 0. The van der Waals surface area contributed by atoms with Gasteiger partial charge in [-0.05, 0) is 18.4 Å². The number of aromatic nitrogens is 3. The van der Waals surface area contributed by atoms with E-state index in [1.807, 2.05) is 0 Å². The largest absolute Gasteiger partial charge is 0.477 e. The zero-order valence-electron chi connectivity index (χ0n) is 9.69. The Morgan fingerprint density at radius 3 is 2.89 bits per heavy atom. The Hall–Kier alpha value is -1.78. The molecule has 0 aliphatic carbocycles. The highest BCUT2D eigenvalue weighted by Gasteiger charge is 2.26. The van der Waals surface area contributed by atoms with Crippen LogP contribution in [0.5, 0.6) is 0 Å². The van der Waals surface area contributed by atoms with Crippen LogP contribution in [0.25, 0.3) is 0 Å². The van der Waals surface area contributed by atoms with Crippen molar-refractivity contribution >= 4 is 27.3 Å². The Labute approximate surface area is 112 Å². The molecule has 10 heteroatoms.